The summed E-state index contributed by atoms with van der Waals surface area (Å²) in [6, 6.07) is 1.40. The molecule has 3 rings (SSSR count). The van der Waals surface area contributed by atoms with Gasteiger partial charge >= 0.3 is 6.03 Å². The third kappa shape index (κ3) is 3.77. The third-order valence-corrected chi connectivity index (χ3v) is 4.45. The number of aromatic nitrogens is 3. The first kappa shape index (κ1) is 16.5. The van der Waals surface area contributed by atoms with Gasteiger partial charge < -0.3 is 16.4 Å². The van der Waals surface area contributed by atoms with Gasteiger partial charge in [-0.05, 0) is 43.5 Å². The van der Waals surface area contributed by atoms with Crippen LogP contribution in [0.25, 0.3) is 0 Å². The van der Waals surface area contributed by atoms with Gasteiger partial charge in [0.1, 0.15) is 5.82 Å². The smallest absolute Gasteiger partial charge is 0.320 e. The van der Waals surface area contributed by atoms with E-state index in [0.29, 0.717) is 23.2 Å². The average molecular weight is 350 g/mol. The number of carbonyl (C=O) groups is 1. The predicted octanol–water partition coefficient (Wildman–Crippen LogP) is 1.83. The molecule has 8 nitrogen and oxygen atoms in total. The van der Waals surface area contributed by atoms with E-state index in [1.807, 2.05) is 0 Å². The number of aromatic amines is 1. The van der Waals surface area contributed by atoms with Gasteiger partial charge in [0, 0.05) is 24.5 Å². The van der Waals surface area contributed by atoms with E-state index in [4.69, 9.17) is 17.3 Å². The van der Waals surface area contributed by atoms with Crippen molar-refractivity contribution in [2.75, 3.05) is 24.1 Å². The monoisotopic (exact) mass is 349 g/mol. The summed E-state index contributed by atoms with van der Waals surface area (Å²) in [6.07, 6.45) is 5.10. The minimum Gasteiger partial charge on any atom is -0.384 e. The molecule has 1 saturated heterocycles. The zero-order valence-electron chi connectivity index (χ0n) is 13.1. The molecule has 0 spiro atoms. The second-order valence-electron chi connectivity index (χ2n) is 5.70. The Hall–Kier alpha value is -2.32. The minimum absolute atomic E-state index is 0.287. The van der Waals surface area contributed by atoms with Crippen molar-refractivity contribution in [3.8, 4) is 0 Å². The molecule has 1 aliphatic rings. The van der Waals surface area contributed by atoms with Crippen LogP contribution in [0, 0.1) is 0 Å². The van der Waals surface area contributed by atoms with Crippen molar-refractivity contribution in [1.82, 2.24) is 25.8 Å². The second-order valence-corrected chi connectivity index (χ2v) is 6.11. The number of hydrogen-bond acceptors (Lipinski definition) is 5. The van der Waals surface area contributed by atoms with Gasteiger partial charge in [-0.25, -0.2) is 4.79 Å². The quantitative estimate of drug-likeness (QED) is 0.576. The summed E-state index contributed by atoms with van der Waals surface area (Å²) in [5.74, 6) is 1.28. The molecule has 2 amide bonds. The van der Waals surface area contributed by atoms with Crippen LogP contribution >= 0.6 is 11.6 Å². The highest BCUT2D eigenvalue weighted by atomic mass is 35.5. The number of amides is 2. The van der Waals surface area contributed by atoms with Crippen molar-refractivity contribution in [3.63, 3.8) is 0 Å². The van der Waals surface area contributed by atoms with Gasteiger partial charge in [-0.1, -0.05) is 11.6 Å². The molecule has 0 aromatic carbocycles. The highest BCUT2D eigenvalue weighted by Crippen LogP contribution is 2.33. The van der Waals surface area contributed by atoms with E-state index in [-0.39, 0.29) is 11.9 Å². The Balaban J connectivity index is 1.63. The van der Waals surface area contributed by atoms with Crippen LogP contribution in [-0.2, 0) is 6.54 Å². The van der Waals surface area contributed by atoms with E-state index in [1.165, 1.54) is 0 Å². The van der Waals surface area contributed by atoms with Crippen molar-refractivity contribution < 1.29 is 4.79 Å². The topological polar surface area (TPSA) is 121 Å². The molecule has 1 fully saturated rings. The zero-order chi connectivity index (χ0) is 16.9. The number of carbonyl (C=O) groups excluding carboxylic acids is 1. The molecule has 0 bridgehead atoms. The van der Waals surface area contributed by atoms with E-state index in [1.54, 1.807) is 18.5 Å². The summed E-state index contributed by atoms with van der Waals surface area (Å²) < 4.78 is 0. The Morgan fingerprint density at radius 1 is 1.42 bits per heavy atom. The molecule has 0 aliphatic carbocycles. The Morgan fingerprint density at radius 3 is 2.96 bits per heavy atom. The summed E-state index contributed by atoms with van der Waals surface area (Å²) >= 11 is 6.02. The highest BCUT2D eigenvalue weighted by Gasteiger charge is 2.24. The highest BCUT2D eigenvalue weighted by molar-refractivity contribution is 6.31. The van der Waals surface area contributed by atoms with Gasteiger partial charge in [0.25, 0.3) is 0 Å². The SMILES string of the molecule is Nc1[nH]nc(NC(=O)NCc2ccncc2Cl)c1C1CCNCC1. The number of piperidine rings is 1. The Labute approximate surface area is 144 Å². The van der Waals surface area contributed by atoms with Crippen LogP contribution in [-0.4, -0.2) is 34.3 Å². The van der Waals surface area contributed by atoms with E-state index in [9.17, 15) is 4.79 Å². The number of nitrogens with zero attached hydrogens (tertiary/aromatic N) is 2. The molecule has 6 N–H and O–H groups in total. The summed E-state index contributed by atoms with van der Waals surface area (Å²) in [7, 11) is 0. The number of nitrogen functional groups attached to an aromatic ring is 1. The average Bonchev–Trinajstić information content (AvgIpc) is 2.95. The van der Waals surface area contributed by atoms with E-state index < -0.39 is 0 Å². The standard InChI is InChI=1S/C15H20ClN7O/c16-11-8-19-6-3-10(11)7-20-15(24)21-14-12(13(17)22-23-14)9-1-4-18-5-2-9/h3,6,8-9,18H,1-2,4-5,7H2,(H5,17,20,21,22,23,24). The maximum atomic E-state index is 12.2. The largest absolute Gasteiger partial charge is 0.384 e. The number of urea groups is 1. The van der Waals surface area contributed by atoms with E-state index >= 15 is 0 Å². The molecule has 9 heteroatoms. The van der Waals surface area contributed by atoms with Crippen LogP contribution in [0.1, 0.15) is 29.9 Å². The first-order valence-corrected chi connectivity index (χ1v) is 8.20. The number of hydrogen-bond donors (Lipinski definition) is 5. The lowest BCUT2D eigenvalue weighted by atomic mass is 9.91. The van der Waals surface area contributed by atoms with Gasteiger partial charge in [-0.15, -0.1) is 0 Å². The maximum Gasteiger partial charge on any atom is 0.320 e. The molecule has 2 aromatic heterocycles. The lowest BCUT2D eigenvalue weighted by Gasteiger charge is -2.23. The molecule has 1 aliphatic heterocycles. The van der Waals surface area contributed by atoms with Crippen LogP contribution in [0.4, 0.5) is 16.4 Å². The number of H-pyrrole nitrogens is 1. The van der Waals surface area contributed by atoms with Crippen LogP contribution in [0.2, 0.25) is 5.02 Å². The fourth-order valence-electron chi connectivity index (χ4n) is 2.86. The number of nitrogens with one attached hydrogen (secondary N) is 4. The van der Waals surface area contributed by atoms with Gasteiger partial charge in [0.05, 0.1) is 5.02 Å². The number of halogens is 1. The second kappa shape index (κ2) is 7.50. The predicted molar refractivity (Wildman–Crippen MR) is 93.0 cm³/mol. The maximum absolute atomic E-state index is 12.2. The van der Waals surface area contributed by atoms with E-state index in [2.05, 4.69) is 31.1 Å². The van der Waals surface area contributed by atoms with Gasteiger partial charge in [0.2, 0.25) is 0 Å². The van der Waals surface area contributed by atoms with Crippen molar-refractivity contribution >= 4 is 29.3 Å². The number of pyridine rings is 1. The Morgan fingerprint density at radius 2 is 2.21 bits per heavy atom. The third-order valence-electron chi connectivity index (χ3n) is 4.11. The normalized spacial score (nSPS) is 15.2. The number of anilines is 2. The fourth-order valence-corrected chi connectivity index (χ4v) is 3.04. The van der Waals surface area contributed by atoms with Gasteiger partial charge in [-0.2, -0.15) is 5.10 Å². The fraction of sp³-hybridized carbons (Fsp3) is 0.400. The molecular formula is C15H20ClN7O. The molecule has 128 valence electrons. The van der Waals surface area contributed by atoms with E-state index in [0.717, 1.165) is 37.1 Å². The lowest BCUT2D eigenvalue weighted by molar-refractivity contribution is 0.251. The van der Waals surface area contributed by atoms with Crippen molar-refractivity contribution in [2.24, 2.45) is 0 Å². The molecule has 0 unspecified atom stereocenters. The summed E-state index contributed by atoms with van der Waals surface area (Å²) in [4.78, 5) is 16.1. The summed E-state index contributed by atoms with van der Waals surface area (Å²) in [5, 5.41) is 16.2. The van der Waals surface area contributed by atoms with Crippen molar-refractivity contribution in [3.05, 3.63) is 34.6 Å². The molecule has 0 saturated carbocycles. The first-order valence-electron chi connectivity index (χ1n) is 7.83. The summed E-state index contributed by atoms with van der Waals surface area (Å²) in [6.45, 7) is 2.17. The van der Waals surface area contributed by atoms with Crippen molar-refractivity contribution in [1.29, 1.82) is 0 Å². The molecule has 2 aromatic rings. The van der Waals surface area contributed by atoms with Crippen LogP contribution in [0.5, 0.6) is 0 Å². The molecule has 0 radical (unpaired) electrons. The minimum atomic E-state index is -0.357. The van der Waals surface area contributed by atoms with Crippen LogP contribution < -0.4 is 21.7 Å². The molecule has 24 heavy (non-hydrogen) atoms. The Bertz CT molecular complexity index is 712. The van der Waals surface area contributed by atoms with Crippen LogP contribution in [0.15, 0.2) is 18.5 Å². The first-order chi connectivity index (χ1) is 11.6. The Kier molecular flexibility index (Phi) is 5.17. The van der Waals surface area contributed by atoms with Crippen LogP contribution in [0.3, 0.4) is 0 Å². The zero-order valence-corrected chi connectivity index (χ0v) is 13.9. The summed E-state index contributed by atoms with van der Waals surface area (Å²) in [5.41, 5.74) is 7.67. The molecule has 0 atom stereocenters. The number of rotatable bonds is 4. The van der Waals surface area contributed by atoms with Gasteiger partial charge in [-0.3, -0.25) is 15.4 Å². The van der Waals surface area contributed by atoms with Gasteiger partial charge in [0.15, 0.2) is 5.82 Å². The molecular weight excluding hydrogens is 330 g/mol. The van der Waals surface area contributed by atoms with Crippen molar-refractivity contribution in [2.45, 2.75) is 25.3 Å². The number of nitrogens with two attached hydrogens (primary N) is 1. The molecule has 3 heterocycles. The lowest BCUT2D eigenvalue weighted by Crippen LogP contribution is -2.30.